The van der Waals surface area contributed by atoms with Crippen LogP contribution in [0, 0.1) is 0 Å². The van der Waals surface area contributed by atoms with Gasteiger partial charge in [0.05, 0.1) is 5.02 Å². The van der Waals surface area contributed by atoms with E-state index in [2.05, 4.69) is 0 Å². The molecule has 0 bridgehead atoms. The number of nitrogens with zero attached hydrogens (tertiary/aromatic N) is 1. The van der Waals surface area contributed by atoms with Crippen molar-refractivity contribution in [2.75, 3.05) is 13.1 Å². The summed E-state index contributed by atoms with van der Waals surface area (Å²) in [6, 6.07) is 14.3. The second-order valence-electron chi connectivity index (χ2n) is 7.27. The number of carbonyl (C=O) groups is 1. The molecule has 0 radical (unpaired) electrons. The van der Waals surface area contributed by atoms with Gasteiger partial charge in [-0.25, -0.2) is 4.79 Å². The van der Waals surface area contributed by atoms with Crippen molar-refractivity contribution in [3.05, 3.63) is 64.0 Å². The molecule has 1 fully saturated rings. The molecule has 1 aliphatic rings. The number of amides is 1. The summed E-state index contributed by atoms with van der Waals surface area (Å²) in [5.74, 6) is 0.269. The van der Waals surface area contributed by atoms with Crippen LogP contribution in [0.2, 0.25) is 5.02 Å². The van der Waals surface area contributed by atoms with Crippen molar-refractivity contribution < 1.29 is 13.9 Å². The summed E-state index contributed by atoms with van der Waals surface area (Å²) in [6.45, 7) is 3.23. The molecule has 1 amide bonds. The average molecular weight is 412 g/mol. The molecule has 1 aromatic heterocycles. The van der Waals surface area contributed by atoms with Crippen LogP contribution in [-0.2, 0) is 4.79 Å². The molecule has 2 heterocycles. The molecule has 0 aliphatic carbocycles. The first-order valence-corrected chi connectivity index (χ1v) is 10.2. The van der Waals surface area contributed by atoms with E-state index in [0.717, 1.165) is 43.5 Å². The minimum Gasteiger partial charge on any atom is -0.479 e. The second kappa shape index (κ2) is 8.29. The summed E-state index contributed by atoms with van der Waals surface area (Å²) in [4.78, 5) is 26.6. The molecule has 1 atom stereocenters. The van der Waals surface area contributed by atoms with Crippen LogP contribution in [-0.4, -0.2) is 30.0 Å². The van der Waals surface area contributed by atoms with Crippen molar-refractivity contribution >= 4 is 28.5 Å². The number of hydrogen-bond acceptors (Lipinski definition) is 4. The normalized spacial score (nSPS) is 15.3. The molecule has 4 rings (SSSR count). The van der Waals surface area contributed by atoms with Crippen LogP contribution in [0.1, 0.15) is 26.2 Å². The third-order valence-electron chi connectivity index (χ3n) is 5.20. The predicted octanol–water partition coefficient (Wildman–Crippen LogP) is 4.89. The Balaban J connectivity index is 1.67. The first-order chi connectivity index (χ1) is 14.0. The van der Waals surface area contributed by atoms with Crippen LogP contribution in [0.25, 0.3) is 22.1 Å². The monoisotopic (exact) mass is 411 g/mol. The first-order valence-electron chi connectivity index (χ1n) is 9.81. The highest BCUT2D eigenvalue weighted by Gasteiger charge is 2.24. The van der Waals surface area contributed by atoms with E-state index >= 15 is 0 Å². The Hall–Kier alpha value is -2.79. The van der Waals surface area contributed by atoms with Crippen molar-refractivity contribution in [2.45, 2.75) is 32.3 Å². The third-order valence-corrected chi connectivity index (χ3v) is 5.50. The molecule has 5 nitrogen and oxygen atoms in total. The lowest BCUT2D eigenvalue weighted by Crippen LogP contribution is -2.43. The van der Waals surface area contributed by atoms with Gasteiger partial charge in [0.2, 0.25) is 0 Å². The van der Waals surface area contributed by atoms with Crippen LogP contribution < -0.4 is 10.4 Å². The van der Waals surface area contributed by atoms with Crippen molar-refractivity contribution in [3.63, 3.8) is 0 Å². The van der Waals surface area contributed by atoms with Crippen LogP contribution in [0.5, 0.6) is 5.75 Å². The zero-order valence-corrected chi connectivity index (χ0v) is 16.9. The zero-order chi connectivity index (χ0) is 20.4. The van der Waals surface area contributed by atoms with Crippen molar-refractivity contribution in [1.29, 1.82) is 0 Å². The van der Waals surface area contributed by atoms with E-state index in [-0.39, 0.29) is 5.91 Å². The van der Waals surface area contributed by atoms with Gasteiger partial charge in [0.25, 0.3) is 5.91 Å². The maximum atomic E-state index is 12.7. The highest BCUT2D eigenvalue weighted by Crippen LogP contribution is 2.35. The summed E-state index contributed by atoms with van der Waals surface area (Å²) < 4.78 is 11.3. The topological polar surface area (TPSA) is 59.8 Å². The van der Waals surface area contributed by atoms with E-state index in [1.165, 1.54) is 6.07 Å². The van der Waals surface area contributed by atoms with Crippen molar-refractivity contribution in [2.24, 2.45) is 0 Å². The smallest absolute Gasteiger partial charge is 0.336 e. The molecule has 150 valence electrons. The Morgan fingerprint density at radius 1 is 1.10 bits per heavy atom. The number of halogens is 1. The largest absolute Gasteiger partial charge is 0.479 e. The number of benzene rings is 2. The van der Waals surface area contributed by atoms with Gasteiger partial charge in [-0.1, -0.05) is 41.9 Å². The van der Waals surface area contributed by atoms with Gasteiger partial charge in [0.15, 0.2) is 6.10 Å². The standard InChI is InChI=1S/C23H22ClNO4/c1-15(23(27)25-10-6-3-7-11-25)28-21-14-20-18(12-19(21)24)17(13-22(26)29-20)16-8-4-2-5-9-16/h2,4-5,8-9,12-15H,3,6-7,10-11H2,1H3. The highest BCUT2D eigenvalue weighted by atomic mass is 35.5. The Labute approximate surface area is 173 Å². The number of carbonyl (C=O) groups excluding carboxylic acids is 1. The lowest BCUT2D eigenvalue weighted by Gasteiger charge is -2.29. The first kappa shape index (κ1) is 19.5. The summed E-state index contributed by atoms with van der Waals surface area (Å²) in [7, 11) is 0. The second-order valence-corrected chi connectivity index (χ2v) is 7.68. The van der Waals surface area contributed by atoms with Gasteiger partial charge in [-0.3, -0.25) is 4.79 Å². The van der Waals surface area contributed by atoms with E-state index in [4.69, 9.17) is 20.8 Å². The Bertz CT molecular complexity index is 1090. The molecule has 0 spiro atoms. The SMILES string of the molecule is CC(Oc1cc2oc(=O)cc(-c3ccccc3)c2cc1Cl)C(=O)N1CCCCC1. The zero-order valence-electron chi connectivity index (χ0n) is 16.2. The Morgan fingerprint density at radius 2 is 1.83 bits per heavy atom. The van der Waals surface area contributed by atoms with Crippen LogP contribution in [0.3, 0.4) is 0 Å². The van der Waals surface area contributed by atoms with Crippen molar-refractivity contribution in [1.82, 2.24) is 4.90 Å². The molecule has 29 heavy (non-hydrogen) atoms. The molecule has 6 heteroatoms. The molecule has 2 aromatic carbocycles. The maximum Gasteiger partial charge on any atom is 0.336 e. The van der Waals surface area contributed by atoms with Gasteiger partial charge >= 0.3 is 5.63 Å². The van der Waals surface area contributed by atoms with Gasteiger partial charge in [-0.2, -0.15) is 0 Å². The summed E-state index contributed by atoms with van der Waals surface area (Å²) in [5, 5.41) is 1.07. The number of fused-ring (bicyclic) bond motifs is 1. The van der Waals surface area contributed by atoms with Gasteiger partial charge < -0.3 is 14.1 Å². The Morgan fingerprint density at radius 3 is 2.55 bits per heavy atom. The Kier molecular flexibility index (Phi) is 5.58. The minimum absolute atomic E-state index is 0.0552. The summed E-state index contributed by atoms with van der Waals surface area (Å²) in [6.07, 6.45) is 2.51. The number of piperidine rings is 1. The molecule has 0 N–H and O–H groups in total. The lowest BCUT2D eigenvalue weighted by molar-refractivity contribution is -0.138. The molecule has 1 unspecified atom stereocenters. The van der Waals surface area contributed by atoms with Crippen LogP contribution >= 0.6 is 11.6 Å². The lowest BCUT2D eigenvalue weighted by atomic mass is 10.0. The van der Waals surface area contributed by atoms with Crippen LogP contribution in [0.4, 0.5) is 0 Å². The number of hydrogen-bond donors (Lipinski definition) is 0. The van der Waals surface area contributed by atoms with Gasteiger partial charge in [0, 0.05) is 30.6 Å². The van der Waals surface area contributed by atoms with E-state index in [1.807, 2.05) is 35.2 Å². The quantitative estimate of drug-likeness (QED) is 0.573. The fourth-order valence-electron chi connectivity index (χ4n) is 3.72. The number of rotatable bonds is 4. The molecular weight excluding hydrogens is 390 g/mol. The average Bonchev–Trinajstić information content (AvgIpc) is 2.75. The number of likely N-dealkylation sites (tertiary alicyclic amines) is 1. The van der Waals surface area contributed by atoms with E-state index in [0.29, 0.717) is 21.7 Å². The molecule has 1 saturated heterocycles. The van der Waals surface area contributed by atoms with Gasteiger partial charge in [-0.15, -0.1) is 0 Å². The molecule has 3 aromatic rings. The fourth-order valence-corrected chi connectivity index (χ4v) is 3.93. The van der Waals surface area contributed by atoms with E-state index in [9.17, 15) is 9.59 Å². The predicted molar refractivity (Wildman–Crippen MR) is 113 cm³/mol. The molecule has 0 saturated carbocycles. The highest BCUT2D eigenvalue weighted by molar-refractivity contribution is 6.33. The van der Waals surface area contributed by atoms with Gasteiger partial charge in [-0.05, 0) is 43.4 Å². The maximum absolute atomic E-state index is 12.7. The van der Waals surface area contributed by atoms with E-state index in [1.54, 1.807) is 19.1 Å². The summed E-state index contributed by atoms with van der Waals surface area (Å²) >= 11 is 6.47. The molecular formula is C23H22ClNO4. The third kappa shape index (κ3) is 4.15. The fraction of sp³-hybridized carbons (Fsp3) is 0.304. The van der Waals surface area contributed by atoms with Gasteiger partial charge in [0.1, 0.15) is 11.3 Å². The number of ether oxygens (including phenoxy) is 1. The summed E-state index contributed by atoms with van der Waals surface area (Å²) in [5.41, 5.74) is 1.54. The minimum atomic E-state index is -0.674. The molecule has 1 aliphatic heterocycles. The van der Waals surface area contributed by atoms with Crippen LogP contribution in [0.15, 0.2) is 57.7 Å². The van der Waals surface area contributed by atoms with E-state index < -0.39 is 11.7 Å². The van der Waals surface area contributed by atoms with Crippen molar-refractivity contribution in [3.8, 4) is 16.9 Å².